The standard InChI is InChI=1S/C14H23N3O4S/c1-2-17-8-12(7-15-17)22(18,19)16-13-5-6-20-10-14(13)21-9-11-3-4-11/h7-8,11,13-14,16H,2-6,9-10H2,1H3/t13-,14-/m1/s1. The molecule has 8 heteroatoms. The minimum atomic E-state index is -3.57. The average Bonchev–Trinajstić information content (AvgIpc) is 3.20. The van der Waals surface area contributed by atoms with E-state index in [0.717, 1.165) is 0 Å². The molecule has 2 heterocycles. The summed E-state index contributed by atoms with van der Waals surface area (Å²) in [4.78, 5) is 0.196. The Kier molecular flexibility index (Phi) is 4.82. The number of nitrogens with zero attached hydrogens (tertiary/aromatic N) is 2. The summed E-state index contributed by atoms with van der Waals surface area (Å²) in [6.45, 7) is 4.23. The molecular formula is C14H23N3O4S. The van der Waals surface area contributed by atoms with Crippen molar-refractivity contribution in [2.45, 2.75) is 49.8 Å². The molecule has 7 nitrogen and oxygen atoms in total. The number of hydrogen-bond donors (Lipinski definition) is 1. The van der Waals surface area contributed by atoms with Crippen molar-refractivity contribution in [3.05, 3.63) is 12.4 Å². The van der Waals surface area contributed by atoms with E-state index in [1.807, 2.05) is 6.92 Å². The average molecular weight is 329 g/mol. The molecule has 2 aliphatic rings. The summed E-state index contributed by atoms with van der Waals surface area (Å²) in [5.74, 6) is 0.641. The Morgan fingerprint density at radius 2 is 2.27 bits per heavy atom. The van der Waals surface area contributed by atoms with Gasteiger partial charge in [-0.15, -0.1) is 0 Å². The van der Waals surface area contributed by atoms with E-state index in [-0.39, 0.29) is 17.0 Å². The number of aryl methyl sites for hydroxylation is 1. The van der Waals surface area contributed by atoms with Gasteiger partial charge < -0.3 is 9.47 Å². The number of nitrogens with one attached hydrogen (secondary N) is 1. The molecule has 3 rings (SSSR count). The molecule has 0 radical (unpaired) electrons. The van der Waals surface area contributed by atoms with Crippen LogP contribution in [-0.4, -0.2) is 50.2 Å². The van der Waals surface area contributed by atoms with Gasteiger partial charge in [-0.3, -0.25) is 4.68 Å². The number of sulfonamides is 1. The molecule has 1 aromatic heterocycles. The fourth-order valence-corrected chi connectivity index (χ4v) is 3.73. The quantitative estimate of drug-likeness (QED) is 0.799. The first-order valence-electron chi connectivity index (χ1n) is 7.82. The van der Waals surface area contributed by atoms with Gasteiger partial charge in [0.05, 0.1) is 24.9 Å². The molecule has 0 spiro atoms. The van der Waals surface area contributed by atoms with Crippen molar-refractivity contribution < 1.29 is 17.9 Å². The molecule has 1 saturated carbocycles. The molecule has 0 aromatic carbocycles. The van der Waals surface area contributed by atoms with Crippen LogP contribution in [0.5, 0.6) is 0 Å². The van der Waals surface area contributed by atoms with E-state index in [1.54, 1.807) is 10.9 Å². The lowest BCUT2D eigenvalue weighted by atomic mass is 10.1. The maximum atomic E-state index is 12.5. The van der Waals surface area contributed by atoms with Gasteiger partial charge in [0.15, 0.2) is 0 Å². The van der Waals surface area contributed by atoms with Crippen molar-refractivity contribution in [2.24, 2.45) is 5.92 Å². The highest BCUT2D eigenvalue weighted by Crippen LogP contribution is 2.30. The topological polar surface area (TPSA) is 82.5 Å². The first-order chi connectivity index (χ1) is 10.6. The van der Waals surface area contributed by atoms with Crippen LogP contribution in [-0.2, 0) is 26.0 Å². The molecule has 0 bridgehead atoms. The summed E-state index contributed by atoms with van der Waals surface area (Å²) in [5, 5.41) is 4.02. The zero-order valence-electron chi connectivity index (χ0n) is 12.8. The van der Waals surface area contributed by atoms with Crippen LogP contribution in [0, 0.1) is 5.92 Å². The van der Waals surface area contributed by atoms with E-state index in [0.29, 0.717) is 38.7 Å². The Labute approximate surface area is 131 Å². The molecule has 1 aliphatic carbocycles. The van der Waals surface area contributed by atoms with E-state index < -0.39 is 10.0 Å². The molecular weight excluding hydrogens is 306 g/mol. The fourth-order valence-electron chi connectivity index (χ4n) is 2.48. The zero-order valence-corrected chi connectivity index (χ0v) is 13.6. The van der Waals surface area contributed by atoms with Crippen molar-refractivity contribution in [1.29, 1.82) is 0 Å². The summed E-state index contributed by atoms with van der Waals surface area (Å²) in [7, 11) is -3.57. The van der Waals surface area contributed by atoms with Gasteiger partial charge in [0.2, 0.25) is 10.0 Å². The first kappa shape index (κ1) is 15.9. The van der Waals surface area contributed by atoms with E-state index >= 15 is 0 Å². The van der Waals surface area contributed by atoms with Gasteiger partial charge in [-0.1, -0.05) is 0 Å². The van der Waals surface area contributed by atoms with Gasteiger partial charge >= 0.3 is 0 Å². The SMILES string of the molecule is CCn1cc(S(=O)(=O)N[C@@H]2CCOC[C@H]2OCC2CC2)cn1. The Morgan fingerprint density at radius 3 is 2.95 bits per heavy atom. The molecule has 1 aliphatic heterocycles. The van der Waals surface area contributed by atoms with Crippen LogP contribution < -0.4 is 4.72 Å². The minimum absolute atomic E-state index is 0.196. The molecule has 1 N–H and O–H groups in total. The highest BCUT2D eigenvalue weighted by molar-refractivity contribution is 7.89. The highest BCUT2D eigenvalue weighted by Gasteiger charge is 2.33. The minimum Gasteiger partial charge on any atom is -0.379 e. The third-order valence-electron chi connectivity index (χ3n) is 4.10. The molecule has 124 valence electrons. The summed E-state index contributed by atoms with van der Waals surface area (Å²) in [5.41, 5.74) is 0. The van der Waals surface area contributed by atoms with E-state index in [4.69, 9.17) is 9.47 Å². The summed E-state index contributed by atoms with van der Waals surface area (Å²) >= 11 is 0. The van der Waals surface area contributed by atoms with E-state index in [2.05, 4.69) is 9.82 Å². The number of hydrogen-bond acceptors (Lipinski definition) is 5. The van der Waals surface area contributed by atoms with E-state index in [1.165, 1.54) is 19.0 Å². The maximum absolute atomic E-state index is 12.5. The van der Waals surface area contributed by atoms with Crippen LogP contribution in [0.3, 0.4) is 0 Å². The van der Waals surface area contributed by atoms with Crippen molar-refractivity contribution in [3.8, 4) is 0 Å². The molecule has 1 saturated heterocycles. The van der Waals surface area contributed by atoms with Crippen LogP contribution >= 0.6 is 0 Å². The third kappa shape index (κ3) is 3.87. The second-order valence-corrected chi connectivity index (χ2v) is 7.65. The van der Waals surface area contributed by atoms with Crippen molar-refractivity contribution >= 4 is 10.0 Å². The van der Waals surface area contributed by atoms with Gasteiger partial charge in [0.1, 0.15) is 4.90 Å². The number of aromatic nitrogens is 2. The molecule has 2 atom stereocenters. The Morgan fingerprint density at radius 1 is 1.45 bits per heavy atom. The summed E-state index contributed by atoms with van der Waals surface area (Å²) in [6, 6.07) is -0.248. The Balaban J connectivity index is 1.65. The predicted octanol–water partition coefficient (Wildman–Crippen LogP) is 0.765. The van der Waals surface area contributed by atoms with Gasteiger partial charge in [0, 0.05) is 26.0 Å². The maximum Gasteiger partial charge on any atom is 0.244 e. The normalized spacial score (nSPS) is 26.2. The Hall–Kier alpha value is -0.960. The van der Waals surface area contributed by atoms with Gasteiger partial charge in [0.25, 0.3) is 0 Å². The molecule has 22 heavy (non-hydrogen) atoms. The lowest BCUT2D eigenvalue weighted by Crippen LogP contribution is -2.50. The van der Waals surface area contributed by atoms with Crippen LogP contribution in [0.1, 0.15) is 26.2 Å². The van der Waals surface area contributed by atoms with Crippen LogP contribution in [0.4, 0.5) is 0 Å². The monoisotopic (exact) mass is 329 g/mol. The molecule has 0 unspecified atom stereocenters. The van der Waals surface area contributed by atoms with Gasteiger partial charge in [-0.05, 0) is 32.1 Å². The van der Waals surface area contributed by atoms with E-state index in [9.17, 15) is 8.42 Å². The second-order valence-electron chi connectivity index (χ2n) is 5.94. The van der Waals surface area contributed by atoms with Crippen molar-refractivity contribution in [3.63, 3.8) is 0 Å². The van der Waals surface area contributed by atoms with Crippen molar-refractivity contribution in [2.75, 3.05) is 19.8 Å². The van der Waals surface area contributed by atoms with Gasteiger partial charge in [-0.25, -0.2) is 13.1 Å². The number of rotatable bonds is 7. The highest BCUT2D eigenvalue weighted by atomic mass is 32.2. The van der Waals surface area contributed by atoms with Crippen LogP contribution in [0.25, 0.3) is 0 Å². The smallest absolute Gasteiger partial charge is 0.244 e. The molecule has 0 amide bonds. The Bertz CT molecular complexity index is 597. The van der Waals surface area contributed by atoms with Gasteiger partial charge in [-0.2, -0.15) is 5.10 Å². The lowest BCUT2D eigenvalue weighted by Gasteiger charge is -2.31. The molecule has 2 fully saturated rings. The molecule has 1 aromatic rings. The largest absolute Gasteiger partial charge is 0.379 e. The van der Waals surface area contributed by atoms with Crippen molar-refractivity contribution in [1.82, 2.24) is 14.5 Å². The third-order valence-corrected chi connectivity index (χ3v) is 5.54. The fraction of sp³-hybridized carbons (Fsp3) is 0.786. The summed E-state index contributed by atoms with van der Waals surface area (Å²) < 4.78 is 40.6. The lowest BCUT2D eigenvalue weighted by molar-refractivity contribution is -0.0672. The summed E-state index contributed by atoms with van der Waals surface area (Å²) in [6.07, 6.45) is 5.74. The predicted molar refractivity (Wildman–Crippen MR) is 79.9 cm³/mol. The second kappa shape index (κ2) is 6.66. The first-order valence-corrected chi connectivity index (χ1v) is 9.31. The zero-order chi connectivity index (χ0) is 15.6. The number of ether oxygens (including phenoxy) is 2. The van der Waals surface area contributed by atoms with Crippen LogP contribution in [0.2, 0.25) is 0 Å². The van der Waals surface area contributed by atoms with Crippen LogP contribution in [0.15, 0.2) is 17.3 Å².